The van der Waals surface area contributed by atoms with Gasteiger partial charge in [-0.2, -0.15) is 0 Å². The van der Waals surface area contributed by atoms with Crippen molar-refractivity contribution in [2.75, 3.05) is 28.8 Å². The fraction of sp³-hybridized carbons (Fsp3) is 0.231. The first kappa shape index (κ1) is 28.4. The van der Waals surface area contributed by atoms with Gasteiger partial charge in [0.1, 0.15) is 11.5 Å². The summed E-state index contributed by atoms with van der Waals surface area (Å²) in [5.41, 5.74) is 5.51. The number of fused-ring (bicyclic) bond motifs is 2. The quantitative estimate of drug-likeness (QED) is 0.207. The van der Waals surface area contributed by atoms with Gasteiger partial charge in [-0.25, -0.2) is 8.42 Å². The maximum absolute atomic E-state index is 10.8. The third kappa shape index (κ3) is 6.51. The van der Waals surface area contributed by atoms with Crippen LogP contribution in [0.2, 0.25) is 0 Å². The van der Waals surface area contributed by atoms with E-state index in [0.717, 1.165) is 38.0 Å². The summed E-state index contributed by atoms with van der Waals surface area (Å²) in [4.78, 5) is 2.13. The Morgan fingerprint density at radius 1 is 0.919 bits per heavy atom. The molecule has 0 saturated carbocycles. The number of thioether (sulfide) groups is 2. The van der Waals surface area contributed by atoms with Gasteiger partial charge in [0.2, 0.25) is 0 Å². The monoisotopic (exact) mass is 565 g/mol. The van der Waals surface area contributed by atoms with Gasteiger partial charge in [-0.05, 0) is 55.0 Å². The molecular weight excluding hydrogens is 541 g/mol. The molecule has 0 aromatic heterocycles. The summed E-state index contributed by atoms with van der Waals surface area (Å²) in [7, 11) is -4.23. The average molecular weight is 566 g/mol. The molecule has 0 atom stereocenters. The van der Waals surface area contributed by atoms with E-state index in [1.54, 1.807) is 47.8 Å². The van der Waals surface area contributed by atoms with Crippen LogP contribution in [0.4, 0.5) is 17.1 Å². The molecule has 1 fully saturated rings. The van der Waals surface area contributed by atoms with Crippen molar-refractivity contribution in [1.29, 1.82) is 0 Å². The number of aromatic hydroxyl groups is 2. The molecule has 7 nitrogen and oxygen atoms in total. The molecule has 2 aliphatic rings. The number of anilines is 3. The number of hydrogen-bond donors (Lipinski definition) is 2. The molecule has 188 valence electrons. The Morgan fingerprint density at radius 3 is 2.03 bits per heavy atom. The van der Waals surface area contributed by atoms with Crippen LogP contribution in [-0.4, -0.2) is 53.2 Å². The van der Waals surface area contributed by atoms with Gasteiger partial charge in [0.25, 0.3) is 0 Å². The second-order valence-electron chi connectivity index (χ2n) is 8.47. The third-order valence-electron chi connectivity index (χ3n) is 5.89. The van der Waals surface area contributed by atoms with E-state index in [-0.39, 0.29) is 60.2 Å². The molecule has 0 aliphatic carbocycles. The predicted octanol–water partition coefficient (Wildman–Crippen LogP) is 2.40. The molecule has 5 rings (SSSR count). The minimum absolute atomic E-state index is 0. The van der Waals surface area contributed by atoms with Crippen LogP contribution in [0.1, 0.15) is 17.5 Å². The van der Waals surface area contributed by atoms with Crippen molar-refractivity contribution < 1.29 is 57.5 Å². The minimum Gasteiger partial charge on any atom is -0.748 e. The molecule has 1 saturated heterocycles. The van der Waals surface area contributed by atoms with E-state index in [9.17, 15) is 23.2 Å². The van der Waals surface area contributed by atoms with E-state index in [0.29, 0.717) is 11.5 Å². The Bertz CT molecular complexity index is 1350. The number of ether oxygens (including phenoxy) is 1. The van der Waals surface area contributed by atoms with Crippen LogP contribution in [0, 0.1) is 0 Å². The van der Waals surface area contributed by atoms with Crippen LogP contribution in [-0.2, 0) is 14.9 Å². The number of para-hydroxylation sites is 1. The maximum atomic E-state index is 10.8. The van der Waals surface area contributed by atoms with Crippen LogP contribution in [0.3, 0.4) is 0 Å². The summed E-state index contributed by atoms with van der Waals surface area (Å²) in [6.45, 7) is 0.221. The molecule has 2 heterocycles. The number of nitrogens with zero attached hydrogens (tertiary/aromatic N) is 1. The summed E-state index contributed by atoms with van der Waals surface area (Å²) in [6, 6.07) is 20.6. The molecule has 0 amide bonds. The molecule has 3 aromatic rings. The van der Waals surface area contributed by atoms with Gasteiger partial charge in [-0.3, -0.25) is 0 Å². The van der Waals surface area contributed by atoms with Crippen molar-refractivity contribution in [3.05, 3.63) is 82.1 Å². The molecule has 2 N–H and O–H groups in total. The number of rotatable bonds is 6. The third-order valence-corrected chi connectivity index (χ3v) is 9.40. The van der Waals surface area contributed by atoms with Crippen molar-refractivity contribution in [3.8, 4) is 11.5 Å². The van der Waals surface area contributed by atoms with Crippen molar-refractivity contribution in [2.24, 2.45) is 0 Å². The molecule has 2 aliphatic heterocycles. The van der Waals surface area contributed by atoms with Gasteiger partial charge in [0.15, 0.2) is 0 Å². The number of phenols is 2. The van der Waals surface area contributed by atoms with E-state index >= 15 is 0 Å². The van der Waals surface area contributed by atoms with Crippen LogP contribution >= 0.6 is 23.5 Å². The van der Waals surface area contributed by atoms with Crippen molar-refractivity contribution in [3.63, 3.8) is 0 Å². The molecule has 3 aromatic carbocycles. The molecule has 0 unspecified atom stereocenters. The molecule has 0 radical (unpaired) electrons. The summed E-state index contributed by atoms with van der Waals surface area (Å²) >= 11 is 3.27. The Balaban J connectivity index is 0.00000320. The second kappa shape index (κ2) is 12.0. The Kier molecular flexibility index (Phi) is 9.24. The van der Waals surface area contributed by atoms with E-state index in [4.69, 9.17) is 4.74 Å². The van der Waals surface area contributed by atoms with Gasteiger partial charge in [0.05, 0.1) is 27.6 Å². The molecule has 0 spiro atoms. The topological polar surface area (TPSA) is 110 Å². The van der Waals surface area contributed by atoms with Gasteiger partial charge < -0.3 is 24.4 Å². The molecule has 0 bridgehead atoms. The fourth-order valence-electron chi connectivity index (χ4n) is 4.34. The summed E-state index contributed by atoms with van der Waals surface area (Å²) < 4.78 is 39.3. The minimum atomic E-state index is -4.23. The van der Waals surface area contributed by atoms with Crippen molar-refractivity contribution >= 4 is 56.3 Å². The first-order valence-corrected chi connectivity index (χ1v) is 14.9. The SMILES string of the molecule is O=S(=O)([O-])CCCOC1CSC(=C2c3cc(O)ccc3N(c3ccccc3)c3ccc(O)cc32)SC1.[Na+]. The van der Waals surface area contributed by atoms with E-state index in [1.165, 1.54) is 0 Å². The molecule has 11 heteroatoms. The Hall–Kier alpha value is -1.63. The number of benzene rings is 3. The van der Waals surface area contributed by atoms with E-state index < -0.39 is 15.9 Å². The molecule has 37 heavy (non-hydrogen) atoms. The first-order chi connectivity index (χ1) is 17.3. The van der Waals surface area contributed by atoms with Gasteiger partial charge in [0, 0.05) is 50.5 Å². The van der Waals surface area contributed by atoms with Crippen LogP contribution in [0.25, 0.3) is 5.57 Å². The Morgan fingerprint density at radius 2 is 1.49 bits per heavy atom. The summed E-state index contributed by atoms with van der Waals surface area (Å²) in [5.74, 6) is 1.22. The average Bonchev–Trinajstić information content (AvgIpc) is 2.85. The largest absolute Gasteiger partial charge is 1.00 e. The Labute approximate surface area is 247 Å². The number of phenolic OH excluding ortho intramolecular Hbond substituents is 2. The van der Waals surface area contributed by atoms with Gasteiger partial charge in [-0.1, -0.05) is 18.2 Å². The van der Waals surface area contributed by atoms with Crippen molar-refractivity contribution in [2.45, 2.75) is 12.5 Å². The van der Waals surface area contributed by atoms with E-state index in [2.05, 4.69) is 4.90 Å². The van der Waals surface area contributed by atoms with Crippen LogP contribution in [0.15, 0.2) is 71.0 Å². The zero-order valence-corrected chi connectivity index (χ0v) is 24.6. The maximum Gasteiger partial charge on any atom is 1.00 e. The van der Waals surface area contributed by atoms with Crippen molar-refractivity contribution in [1.82, 2.24) is 0 Å². The standard InChI is InChI=1S/C26H25NO6S3.Na/c28-18-7-9-23-21(13-18)25(26-34-15-20(16-35-26)33-11-4-12-36(30,31)32)22-14-19(29)8-10-24(22)27(23)17-5-2-1-3-6-17;/h1-3,5-10,13-14,20,28-29H,4,11-12,15-16H2,(H,30,31,32);/q;+1/p-1. The smallest absolute Gasteiger partial charge is 0.748 e. The van der Waals surface area contributed by atoms with Gasteiger partial charge in [-0.15, -0.1) is 23.5 Å². The van der Waals surface area contributed by atoms with Gasteiger partial charge >= 0.3 is 29.6 Å². The predicted molar refractivity (Wildman–Crippen MR) is 144 cm³/mol. The zero-order valence-electron chi connectivity index (χ0n) is 20.2. The molecular formula is C26H24NNaO6S3. The van der Waals surface area contributed by atoms with Crippen LogP contribution < -0.4 is 34.5 Å². The number of hydrogen-bond acceptors (Lipinski definition) is 9. The first-order valence-electron chi connectivity index (χ1n) is 11.4. The summed E-state index contributed by atoms with van der Waals surface area (Å²) in [5, 5.41) is 20.8. The van der Waals surface area contributed by atoms with Crippen LogP contribution in [0.5, 0.6) is 11.5 Å². The normalized spacial score (nSPS) is 17.1. The zero-order chi connectivity index (χ0) is 25.3. The fourth-order valence-corrected chi connectivity index (χ4v) is 7.54. The summed E-state index contributed by atoms with van der Waals surface area (Å²) in [6.07, 6.45) is 0.107. The van der Waals surface area contributed by atoms with E-state index in [1.807, 2.05) is 42.5 Å². The second-order valence-corrected chi connectivity index (χ2v) is 12.3.